The van der Waals surface area contributed by atoms with E-state index in [0.717, 1.165) is 40.4 Å². The number of benzene rings is 1. The van der Waals surface area contributed by atoms with Crippen molar-refractivity contribution in [2.75, 3.05) is 17.6 Å². The fourth-order valence-electron chi connectivity index (χ4n) is 2.02. The van der Waals surface area contributed by atoms with E-state index >= 15 is 0 Å². The van der Waals surface area contributed by atoms with Crippen LogP contribution in [0.25, 0.3) is 10.9 Å². The molecular formula is C14H15N5S. The molecule has 6 heteroatoms. The summed E-state index contributed by atoms with van der Waals surface area (Å²) in [5.41, 5.74) is 8.50. The van der Waals surface area contributed by atoms with Gasteiger partial charge in [-0.05, 0) is 25.1 Å². The Labute approximate surface area is 120 Å². The largest absolute Gasteiger partial charge is 0.399 e. The molecule has 0 saturated carbocycles. The van der Waals surface area contributed by atoms with Gasteiger partial charge in [-0.25, -0.2) is 15.0 Å². The molecule has 0 atom stereocenters. The molecular weight excluding hydrogens is 270 g/mol. The van der Waals surface area contributed by atoms with Crippen LogP contribution in [-0.2, 0) is 6.42 Å². The summed E-state index contributed by atoms with van der Waals surface area (Å²) in [4.78, 5) is 13.0. The molecule has 2 aromatic heterocycles. The molecule has 5 nitrogen and oxygen atoms in total. The number of nitrogens with two attached hydrogens (primary N) is 1. The summed E-state index contributed by atoms with van der Waals surface area (Å²) < 4.78 is 0. The van der Waals surface area contributed by atoms with Gasteiger partial charge in [0.1, 0.15) is 12.1 Å². The minimum Gasteiger partial charge on any atom is -0.399 e. The standard InChI is InChI=1S/C14H15N5S/c1-9-7-20-13(19-9)4-5-16-14-11-6-10(15)2-3-12(11)17-8-18-14/h2-3,6-8H,4-5,15H2,1H3,(H,16,17,18). The van der Waals surface area contributed by atoms with Gasteiger partial charge in [0.25, 0.3) is 0 Å². The molecule has 0 radical (unpaired) electrons. The molecule has 0 aliphatic heterocycles. The SMILES string of the molecule is Cc1csc(CCNc2ncnc3ccc(N)cc23)n1. The monoisotopic (exact) mass is 285 g/mol. The Morgan fingerprint density at radius 1 is 1.30 bits per heavy atom. The van der Waals surface area contributed by atoms with E-state index in [0.29, 0.717) is 5.69 Å². The maximum Gasteiger partial charge on any atom is 0.137 e. The average molecular weight is 285 g/mol. The number of hydrogen-bond acceptors (Lipinski definition) is 6. The Kier molecular flexibility index (Phi) is 3.47. The number of anilines is 2. The number of nitrogen functional groups attached to an aromatic ring is 1. The Hall–Kier alpha value is -2.21. The zero-order chi connectivity index (χ0) is 13.9. The second-order valence-electron chi connectivity index (χ2n) is 4.56. The van der Waals surface area contributed by atoms with Crippen molar-refractivity contribution in [1.82, 2.24) is 15.0 Å². The van der Waals surface area contributed by atoms with Crippen molar-refractivity contribution in [1.29, 1.82) is 0 Å². The van der Waals surface area contributed by atoms with E-state index in [1.54, 1.807) is 17.7 Å². The fraction of sp³-hybridized carbons (Fsp3) is 0.214. The van der Waals surface area contributed by atoms with Crippen molar-refractivity contribution in [3.05, 3.63) is 40.6 Å². The number of nitrogens with zero attached hydrogens (tertiary/aromatic N) is 3. The van der Waals surface area contributed by atoms with Gasteiger partial charge in [0.15, 0.2) is 0 Å². The van der Waals surface area contributed by atoms with Gasteiger partial charge in [-0.2, -0.15) is 0 Å². The van der Waals surface area contributed by atoms with Gasteiger partial charge in [-0.15, -0.1) is 11.3 Å². The smallest absolute Gasteiger partial charge is 0.137 e. The molecule has 1 aromatic carbocycles. The van der Waals surface area contributed by atoms with E-state index in [4.69, 9.17) is 5.73 Å². The fourth-order valence-corrected chi connectivity index (χ4v) is 2.80. The highest BCUT2D eigenvalue weighted by Gasteiger charge is 2.04. The van der Waals surface area contributed by atoms with Crippen LogP contribution in [-0.4, -0.2) is 21.5 Å². The normalized spacial score (nSPS) is 10.8. The van der Waals surface area contributed by atoms with Crippen molar-refractivity contribution >= 4 is 33.7 Å². The molecule has 0 unspecified atom stereocenters. The van der Waals surface area contributed by atoms with Crippen molar-refractivity contribution in [2.24, 2.45) is 0 Å². The third-order valence-electron chi connectivity index (χ3n) is 2.96. The molecule has 3 rings (SSSR count). The second kappa shape index (κ2) is 5.42. The highest BCUT2D eigenvalue weighted by atomic mass is 32.1. The molecule has 0 aliphatic rings. The van der Waals surface area contributed by atoms with Crippen LogP contribution in [0.4, 0.5) is 11.5 Å². The maximum absolute atomic E-state index is 5.82. The second-order valence-corrected chi connectivity index (χ2v) is 5.50. The molecule has 3 aromatic rings. The van der Waals surface area contributed by atoms with Crippen LogP contribution in [0.15, 0.2) is 29.9 Å². The van der Waals surface area contributed by atoms with Gasteiger partial charge >= 0.3 is 0 Å². The number of nitrogens with one attached hydrogen (secondary N) is 1. The first-order valence-electron chi connectivity index (χ1n) is 6.37. The molecule has 102 valence electrons. The van der Waals surface area contributed by atoms with Gasteiger partial charge in [0.2, 0.25) is 0 Å². The lowest BCUT2D eigenvalue weighted by atomic mass is 10.2. The summed E-state index contributed by atoms with van der Waals surface area (Å²) in [5, 5.41) is 7.48. The molecule has 3 N–H and O–H groups in total. The highest BCUT2D eigenvalue weighted by molar-refractivity contribution is 7.09. The molecule has 0 fully saturated rings. The Morgan fingerprint density at radius 3 is 3.00 bits per heavy atom. The van der Waals surface area contributed by atoms with E-state index < -0.39 is 0 Å². The van der Waals surface area contributed by atoms with Gasteiger partial charge in [0.05, 0.1) is 10.5 Å². The summed E-state index contributed by atoms with van der Waals surface area (Å²) in [5.74, 6) is 0.815. The zero-order valence-electron chi connectivity index (χ0n) is 11.1. The Morgan fingerprint density at radius 2 is 2.20 bits per heavy atom. The van der Waals surface area contributed by atoms with Crippen molar-refractivity contribution in [2.45, 2.75) is 13.3 Å². The number of aryl methyl sites for hydroxylation is 1. The first-order valence-corrected chi connectivity index (χ1v) is 7.25. The summed E-state index contributed by atoms with van der Waals surface area (Å²) in [6.45, 7) is 2.79. The van der Waals surface area contributed by atoms with E-state index in [9.17, 15) is 0 Å². The third-order valence-corrected chi connectivity index (χ3v) is 3.98. The lowest BCUT2D eigenvalue weighted by Crippen LogP contribution is -2.07. The molecule has 0 amide bonds. The Balaban J connectivity index is 1.75. The number of aromatic nitrogens is 3. The van der Waals surface area contributed by atoms with Crippen LogP contribution in [0.1, 0.15) is 10.7 Å². The third kappa shape index (κ3) is 2.70. The predicted molar refractivity (Wildman–Crippen MR) is 83.0 cm³/mol. The number of hydrogen-bond donors (Lipinski definition) is 2. The highest BCUT2D eigenvalue weighted by Crippen LogP contribution is 2.21. The topological polar surface area (TPSA) is 76.7 Å². The van der Waals surface area contributed by atoms with E-state index in [1.807, 2.05) is 25.1 Å². The number of fused-ring (bicyclic) bond motifs is 1. The lowest BCUT2D eigenvalue weighted by molar-refractivity contribution is 0.978. The predicted octanol–water partition coefficient (Wildman–Crippen LogP) is 2.63. The van der Waals surface area contributed by atoms with Crippen LogP contribution >= 0.6 is 11.3 Å². The molecule has 20 heavy (non-hydrogen) atoms. The van der Waals surface area contributed by atoms with Crippen LogP contribution in [0.3, 0.4) is 0 Å². The first-order chi connectivity index (χ1) is 9.72. The summed E-state index contributed by atoms with van der Waals surface area (Å²) in [7, 11) is 0. The molecule has 0 saturated heterocycles. The summed E-state index contributed by atoms with van der Waals surface area (Å²) in [6, 6.07) is 5.64. The summed E-state index contributed by atoms with van der Waals surface area (Å²) >= 11 is 1.69. The van der Waals surface area contributed by atoms with Gasteiger partial charge < -0.3 is 11.1 Å². The first kappa shape index (κ1) is 12.8. The molecule has 2 heterocycles. The average Bonchev–Trinajstić information content (AvgIpc) is 2.85. The van der Waals surface area contributed by atoms with Crippen LogP contribution < -0.4 is 11.1 Å². The molecule has 0 spiro atoms. The number of thiazole rings is 1. The van der Waals surface area contributed by atoms with Crippen LogP contribution in [0.2, 0.25) is 0 Å². The van der Waals surface area contributed by atoms with Gasteiger partial charge in [0, 0.05) is 35.1 Å². The minimum atomic E-state index is 0.714. The molecule has 0 bridgehead atoms. The maximum atomic E-state index is 5.82. The van der Waals surface area contributed by atoms with Crippen LogP contribution in [0, 0.1) is 6.92 Å². The van der Waals surface area contributed by atoms with E-state index in [1.165, 1.54) is 0 Å². The van der Waals surface area contributed by atoms with Gasteiger partial charge in [-0.3, -0.25) is 0 Å². The quantitative estimate of drug-likeness (QED) is 0.721. The van der Waals surface area contributed by atoms with Crippen molar-refractivity contribution in [3.8, 4) is 0 Å². The van der Waals surface area contributed by atoms with Crippen molar-refractivity contribution in [3.63, 3.8) is 0 Å². The minimum absolute atomic E-state index is 0.714. The van der Waals surface area contributed by atoms with Crippen LogP contribution in [0.5, 0.6) is 0 Å². The van der Waals surface area contributed by atoms with Crippen molar-refractivity contribution < 1.29 is 0 Å². The summed E-state index contributed by atoms with van der Waals surface area (Å²) in [6.07, 6.45) is 2.45. The zero-order valence-corrected chi connectivity index (χ0v) is 11.9. The van der Waals surface area contributed by atoms with E-state index in [2.05, 4.69) is 25.6 Å². The Bertz CT molecular complexity index is 737. The molecule has 0 aliphatic carbocycles. The lowest BCUT2D eigenvalue weighted by Gasteiger charge is -2.07. The van der Waals surface area contributed by atoms with Gasteiger partial charge in [-0.1, -0.05) is 0 Å². The number of rotatable bonds is 4. The van der Waals surface area contributed by atoms with E-state index in [-0.39, 0.29) is 0 Å².